The minimum absolute atomic E-state index is 0.228. The summed E-state index contributed by atoms with van der Waals surface area (Å²) in [6.07, 6.45) is 7.29. The molecule has 24 heavy (non-hydrogen) atoms. The number of hydrogen-bond donors (Lipinski definition) is 0. The predicted molar refractivity (Wildman–Crippen MR) is 92.0 cm³/mol. The normalized spacial score (nSPS) is 26.3. The Morgan fingerprint density at radius 3 is 2.79 bits per heavy atom. The van der Waals surface area contributed by atoms with Gasteiger partial charge in [-0.1, -0.05) is 0 Å². The van der Waals surface area contributed by atoms with Crippen molar-refractivity contribution in [2.75, 3.05) is 43.6 Å². The third-order valence-corrected chi connectivity index (χ3v) is 6.72. The quantitative estimate of drug-likeness (QED) is 0.824. The van der Waals surface area contributed by atoms with E-state index in [1.54, 1.807) is 12.4 Å². The van der Waals surface area contributed by atoms with Crippen molar-refractivity contribution in [3.63, 3.8) is 0 Å². The van der Waals surface area contributed by atoms with Crippen molar-refractivity contribution in [3.05, 3.63) is 18.2 Å². The molecule has 3 aliphatic heterocycles. The van der Waals surface area contributed by atoms with Gasteiger partial charge in [-0.2, -0.15) is 5.26 Å². The van der Waals surface area contributed by atoms with Crippen molar-refractivity contribution in [2.45, 2.75) is 30.1 Å². The van der Waals surface area contributed by atoms with Gasteiger partial charge >= 0.3 is 0 Å². The highest BCUT2D eigenvalue weighted by atomic mass is 32.2. The maximum absolute atomic E-state index is 8.77. The van der Waals surface area contributed by atoms with Gasteiger partial charge in [0.05, 0.1) is 28.9 Å². The highest BCUT2D eigenvalue weighted by molar-refractivity contribution is 8.01. The molecule has 128 valence electrons. The van der Waals surface area contributed by atoms with E-state index in [2.05, 4.69) is 14.9 Å². The number of rotatable bonds is 4. The third kappa shape index (κ3) is 3.37. The molecule has 3 fully saturated rings. The molecule has 7 heteroatoms. The van der Waals surface area contributed by atoms with Gasteiger partial charge in [0, 0.05) is 38.7 Å². The van der Waals surface area contributed by atoms with Crippen LogP contribution in [0.3, 0.4) is 0 Å². The number of nitriles is 1. The van der Waals surface area contributed by atoms with E-state index in [1.165, 1.54) is 0 Å². The molecule has 0 aromatic carbocycles. The Morgan fingerprint density at radius 2 is 2.08 bits per heavy atom. The summed E-state index contributed by atoms with van der Waals surface area (Å²) in [5.74, 6) is 2.00. The molecule has 0 amide bonds. The first-order valence-electron chi connectivity index (χ1n) is 8.57. The summed E-state index contributed by atoms with van der Waals surface area (Å²) in [6, 6.07) is 1.96. The lowest BCUT2D eigenvalue weighted by Crippen LogP contribution is -2.59. The second-order valence-electron chi connectivity index (χ2n) is 6.94. The number of aromatic nitrogens is 2. The Labute approximate surface area is 146 Å². The SMILES string of the molecule is N#Cc1ncc(N2CC3(CC(OCC4CCOCC4)CS3)C2)cn1. The van der Waals surface area contributed by atoms with Crippen LogP contribution in [-0.2, 0) is 9.47 Å². The van der Waals surface area contributed by atoms with E-state index in [0.717, 1.165) is 63.6 Å². The highest BCUT2D eigenvalue weighted by Crippen LogP contribution is 2.47. The molecule has 6 nitrogen and oxygen atoms in total. The van der Waals surface area contributed by atoms with Crippen LogP contribution in [0.1, 0.15) is 25.1 Å². The summed E-state index contributed by atoms with van der Waals surface area (Å²) in [5.41, 5.74) is 1.01. The maximum atomic E-state index is 8.77. The fourth-order valence-corrected chi connectivity index (χ4v) is 5.24. The lowest BCUT2D eigenvalue weighted by molar-refractivity contribution is -0.00650. The zero-order chi connectivity index (χ0) is 16.4. The lowest BCUT2D eigenvalue weighted by Gasteiger charge is -2.48. The van der Waals surface area contributed by atoms with Gasteiger partial charge in [-0.15, -0.1) is 11.8 Å². The number of ether oxygens (including phenoxy) is 2. The Hall–Kier alpha value is -1.36. The highest BCUT2D eigenvalue weighted by Gasteiger charge is 2.49. The number of nitrogens with zero attached hydrogens (tertiary/aromatic N) is 4. The Kier molecular flexibility index (Phi) is 4.61. The van der Waals surface area contributed by atoms with E-state index >= 15 is 0 Å². The number of thioether (sulfide) groups is 1. The fourth-order valence-electron chi connectivity index (χ4n) is 3.69. The van der Waals surface area contributed by atoms with Gasteiger partial charge in [0.25, 0.3) is 0 Å². The first-order valence-corrected chi connectivity index (χ1v) is 9.55. The van der Waals surface area contributed by atoms with Crippen LogP contribution in [0.5, 0.6) is 0 Å². The van der Waals surface area contributed by atoms with Crippen molar-refractivity contribution in [3.8, 4) is 6.07 Å². The second kappa shape index (κ2) is 6.87. The molecule has 0 bridgehead atoms. The zero-order valence-electron chi connectivity index (χ0n) is 13.7. The average molecular weight is 346 g/mol. The monoisotopic (exact) mass is 346 g/mol. The summed E-state index contributed by atoms with van der Waals surface area (Å²) in [6.45, 7) is 4.70. The van der Waals surface area contributed by atoms with Crippen LogP contribution >= 0.6 is 11.8 Å². The van der Waals surface area contributed by atoms with E-state index in [0.29, 0.717) is 16.8 Å². The van der Waals surface area contributed by atoms with Crippen LogP contribution in [-0.4, -0.2) is 59.5 Å². The van der Waals surface area contributed by atoms with Gasteiger partial charge in [-0.05, 0) is 25.2 Å². The summed E-state index contributed by atoms with van der Waals surface area (Å²) < 4.78 is 11.9. The first kappa shape index (κ1) is 16.1. The topological polar surface area (TPSA) is 71.3 Å². The largest absolute Gasteiger partial charge is 0.381 e. The molecular formula is C17H22N4O2S. The minimum Gasteiger partial charge on any atom is -0.381 e. The molecule has 0 N–H and O–H groups in total. The third-order valence-electron chi connectivity index (χ3n) is 5.14. The van der Waals surface area contributed by atoms with Gasteiger partial charge < -0.3 is 14.4 Å². The van der Waals surface area contributed by atoms with Gasteiger partial charge in [0.15, 0.2) is 0 Å². The van der Waals surface area contributed by atoms with Crippen molar-refractivity contribution < 1.29 is 9.47 Å². The molecule has 1 aromatic rings. The molecule has 1 unspecified atom stereocenters. The maximum Gasteiger partial charge on any atom is 0.232 e. The van der Waals surface area contributed by atoms with Crippen LogP contribution in [0, 0.1) is 17.2 Å². The summed E-state index contributed by atoms with van der Waals surface area (Å²) in [7, 11) is 0. The van der Waals surface area contributed by atoms with Crippen LogP contribution in [0.2, 0.25) is 0 Å². The molecule has 3 saturated heterocycles. The molecular weight excluding hydrogens is 324 g/mol. The molecule has 3 aliphatic rings. The average Bonchev–Trinajstić information content (AvgIpc) is 3.04. The second-order valence-corrected chi connectivity index (χ2v) is 8.43. The van der Waals surface area contributed by atoms with Crippen LogP contribution in [0.15, 0.2) is 12.4 Å². The van der Waals surface area contributed by atoms with Crippen LogP contribution < -0.4 is 4.90 Å². The Morgan fingerprint density at radius 1 is 1.33 bits per heavy atom. The minimum atomic E-state index is 0.228. The van der Waals surface area contributed by atoms with E-state index in [4.69, 9.17) is 14.7 Å². The number of hydrogen-bond acceptors (Lipinski definition) is 7. The van der Waals surface area contributed by atoms with E-state index < -0.39 is 0 Å². The predicted octanol–water partition coefficient (Wildman–Crippen LogP) is 1.86. The van der Waals surface area contributed by atoms with Gasteiger partial charge in [-0.3, -0.25) is 0 Å². The smallest absolute Gasteiger partial charge is 0.232 e. The van der Waals surface area contributed by atoms with Gasteiger partial charge in [0.1, 0.15) is 6.07 Å². The summed E-state index contributed by atoms with van der Waals surface area (Å²) in [5, 5.41) is 8.77. The number of anilines is 1. The van der Waals surface area contributed by atoms with Crippen molar-refractivity contribution in [1.82, 2.24) is 9.97 Å². The fraction of sp³-hybridized carbons (Fsp3) is 0.706. The Bertz CT molecular complexity index is 606. The molecule has 0 saturated carbocycles. The van der Waals surface area contributed by atoms with Crippen LogP contribution in [0.25, 0.3) is 0 Å². The van der Waals surface area contributed by atoms with Crippen molar-refractivity contribution in [2.24, 2.45) is 5.92 Å². The molecule has 1 aromatic heterocycles. The van der Waals surface area contributed by atoms with E-state index in [1.807, 2.05) is 17.8 Å². The summed E-state index contributed by atoms with van der Waals surface area (Å²) in [4.78, 5) is 10.4. The molecule has 4 heterocycles. The van der Waals surface area contributed by atoms with Crippen LogP contribution in [0.4, 0.5) is 5.69 Å². The first-order chi connectivity index (χ1) is 11.8. The van der Waals surface area contributed by atoms with E-state index in [-0.39, 0.29) is 5.82 Å². The van der Waals surface area contributed by atoms with E-state index in [9.17, 15) is 0 Å². The standard InChI is InChI=1S/C17H22N4O2S/c18-6-16-19-7-14(8-20-16)21-11-17(12-21)5-15(10-24-17)23-9-13-1-3-22-4-2-13/h7-8,13,15H,1-5,9-12H2. The zero-order valence-corrected chi connectivity index (χ0v) is 14.5. The molecule has 1 atom stereocenters. The molecule has 4 rings (SSSR count). The van der Waals surface area contributed by atoms with Gasteiger partial charge in [0.2, 0.25) is 5.82 Å². The summed E-state index contributed by atoms with van der Waals surface area (Å²) >= 11 is 2.05. The van der Waals surface area contributed by atoms with Gasteiger partial charge in [-0.25, -0.2) is 9.97 Å². The molecule has 1 spiro atoms. The van der Waals surface area contributed by atoms with Crippen molar-refractivity contribution in [1.29, 1.82) is 5.26 Å². The molecule has 0 aliphatic carbocycles. The van der Waals surface area contributed by atoms with Crippen molar-refractivity contribution >= 4 is 17.4 Å². The lowest BCUT2D eigenvalue weighted by atomic mass is 9.92. The Balaban J connectivity index is 1.24. The molecule has 0 radical (unpaired) electrons.